The van der Waals surface area contributed by atoms with E-state index in [1.807, 2.05) is 23.1 Å². The molecule has 1 fully saturated rings. The Morgan fingerprint density at radius 3 is 2.25 bits per heavy atom. The summed E-state index contributed by atoms with van der Waals surface area (Å²) in [4.78, 5) is 17.1. The van der Waals surface area contributed by atoms with E-state index in [-0.39, 0.29) is 5.91 Å². The van der Waals surface area contributed by atoms with Crippen LogP contribution in [0, 0.1) is 0 Å². The number of rotatable bonds is 6. The van der Waals surface area contributed by atoms with E-state index in [2.05, 4.69) is 4.90 Å². The molecule has 28 heavy (non-hydrogen) atoms. The van der Waals surface area contributed by atoms with Crippen LogP contribution in [0.3, 0.4) is 0 Å². The number of benzene rings is 2. The summed E-state index contributed by atoms with van der Waals surface area (Å²) in [7, 11) is 4.87. The van der Waals surface area contributed by atoms with E-state index in [9.17, 15) is 4.79 Å². The smallest absolute Gasteiger partial charge is 0.257 e. The van der Waals surface area contributed by atoms with Crippen molar-refractivity contribution in [3.05, 3.63) is 52.5 Å². The molecule has 1 amide bonds. The van der Waals surface area contributed by atoms with Gasteiger partial charge in [-0.25, -0.2) is 0 Å². The second kappa shape index (κ2) is 9.17. The summed E-state index contributed by atoms with van der Waals surface area (Å²) in [6, 6.07) is 10.9. The standard InChI is InChI=1S/C21H25ClN2O4/c1-26-17-5-7-19(27-2)15(12-17)14-23-8-10-24(11-9-23)21(25)18-13-16(22)4-6-20(18)28-3/h4-7,12-13H,8-11,14H2,1-3H3. The van der Waals surface area contributed by atoms with Crippen LogP contribution >= 0.6 is 11.6 Å². The number of carbonyl (C=O) groups excluding carboxylic acids is 1. The molecule has 0 N–H and O–H groups in total. The predicted molar refractivity (Wildman–Crippen MR) is 109 cm³/mol. The van der Waals surface area contributed by atoms with Gasteiger partial charge >= 0.3 is 0 Å². The molecule has 2 aromatic carbocycles. The van der Waals surface area contributed by atoms with Gasteiger partial charge in [-0.1, -0.05) is 11.6 Å². The van der Waals surface area contributed by atoms with Gasteiger partial charge in [-0.2, -0.15) is 0 Å². The highest BCUT2D eigenvalue weighted by Crippen LogP contribution is 2.27. The lowest BCUT2D eigenvalue weighted by molar-refractivity contribution is 0.0624. The van der Waals surface area contributed by atoms with Crippen molar-refractivity contribution in [2.45, 2.75) is 6.54 Å². The highest BCUT2D eigenvalue weighted by molar-refractivity contribution is 6.31. The summed E-state index contributed by atoms with van der Waals surface area (Å²) < 4.78 is 16.1. The Morgan fingerprint density at radius 1 is 0.929 bits per heavy atom. The maximum atomic E-state index is 12.9. The summed E-state index contributed by atoms with van der Waals surface area (Å²) in [5.41, 5.74) is 1.57. The summed E-state index contributed by atoms with van der Waals surface area (Å²) >= 11 is 6.07. The zero-order chi connectivity index (χ0) is 20.1. The van der Waals surface area contributed by atoms with Gasteiger partial charge < -0.3 is 19.1 Å². The van der Waals surface area contributed by atoms with Gasteiger partial charge in [-0.3, -0.25) is 9.69 Å². The molecule has 1 aliphatic heterocycles. The number of carbonyl (C=O) groups is 1. The van der Waals surface area contributed by atoms with Crippen LogP contribution in [-0.4, -0.2) is 63.2 Å². The molecule has 0 saturated carbocycles. The average molecular weight is 405 g/mol. The summed E-state index contributed by atoms with van der Waals surface area (Å²) in [5, 5.41) is 0.521. The summed E-state index contributed by atoms with van der Waals surface area (Å²) in [5.74, 6) is 2.12. The third-order valence-corrected chi connectivity index (χ3v) is 5.17. The fraction of sp³-hybridized carbons (Fsp3) is 0.381. The second-order valence-corrected chi connectivity index (χ2v) is 7.03. The van der Waals surface area contributed by atoms with Crippen LogP contribution in [0.2, 0.25) is 5.02 Å². The molecule has 0 atom stereocenters. The molecule has 3 rings (SSSR count). The minimum absolute atomic E-state index is 0.0574. The third kappa shape index (κ3) is 4.51. The fourth-order valence-electron chi connectivity index (χ4n) is 3.37. The van der Waals surface area contributed by atoms with E-state index < -0.39 is 0 Å². The lowest BCUT2D eigenvalue weighted by atomic mass is 10.1. The number of halogens is 1. The van der Waals surface area contributed by atoms with Crippen LogP contribution in [0.4, 0.5) is 0 Å². The number of hydrogen-bond donors (Lipinski definition) is 0. The quantitative estimate of drug-likeness (QED) is 0.739. The molecule has 7 heteroatoms. The first-order valence-corrected chi connectivity index (χ1v) is 9.49. The maximum Gasteiger partial charge on any atom is 0.257 e. The molecular weight excluding hydrogens is 380 g/mol. The van der Waals surface area contributed by atoms with Crippen molar-refractivity contribution in [3.8, 4) is 17.2 Å². The van der Waals surface area contributed by atoms with Gasteiger partial charge in [0.1, 0.15) is 17.2 Å². The first-order valence-electron chi connectivity index (χ1n) is 9.11. The average Bonchev–Trinajstić information content (AvgIpc) is 2.73. The maximum absolute atomic E-state index is 12.9. The Bertz CT molecular complexity index is 835. The highest BCUT2D eigenvalue weighted by atomic mass is 35.5. The zero-order valence-electron chi connectivity index (χ0n) is 16.4. The topological polar surface area (TPSA) is 51.2 Å². The lowest BCUT2D eigenvalue weighted by Gasteiger charge is -2.35. The highest BCUT2D eigenvalue weighted by Gasteiger charge is 2.25. The molecule has 0 spiro atoms. The number of nitrogens with zero attached hydrogens (tertiary/aromatic N) is 2. The molecule has 0 aliphatic carbocycles. The molecule has 150 valence electrons. The molecule has 1 heterocycles. The Kier molecular flexibility index (Phi) is 6.65. The Labute approximate surface area is 170 Å². The SMILES string of the molecule is COc1ccc(OC)c(CN2CCN(C(=O)c3cc(Cl)ccc3OC)CC2)c1. The van der Waals surface area contributed by atoms with Crippen LogP contribution in [0.15, 0.2) is 36.4 Å². The molecule has 1 saturated heterocycles. The van der Waals surface area contributed by atoms with E-state index >= 15 is 0 Å². The van der Waals surface area contributed by atoms with Crippen molar-refractivity contribution < 1.29 is 19.0 Å². The van der Waals surface area contributed by atoms with Crippen molar-refractivity contribution in [3.63, 3.8) is 0 Å². The van der Waals surface area contributed by atoms with Crippen LogP contribution < -0.4 is 14.2 Å². The molecular formula is C21H25ClN2O4. The van der Waals surface area contributed by atoms with Crippen LogP contribution in [0.1, 0.15) is 15.9 Å². The monoisotopic (exact) mass is 404 g/mol. The van der Waals surface area contributed by atoms with Crippen molar-refractivity contribution in [2.75, 3.05) is 47.5 Å². The van der Waals surface area contributed by atoms with Gasteiger partial charge in [-0.15, -0.1) is 0 Å². The van der Waals surface area contributed by atoms with E-state index in [1.54, 1.807) is 39.5 Å². The Hall–Kier alpha value is -2.44. The largest absolute Gasteiger partial charge is 0.497 e. The molecule has 0 aromatic heterocycles. The minimum Gasteiger partial charge on any atom is -0.497 e. The lowest BCUT2D eigenvalue weighted by Crippen LogP contribution is -2.48. The molecule has 0 bridgehead atoms. The number of hydrogen-bond acceptors (Lipinski definition) is 5. The van der Waals surface area contributed by atoms with E-state index in [4.69, 9.17) is 25.8 Å². The number of ether oxygens (including phenoxy) is 3. The molecule has 1 aliphatic rings. The number of methoxy groups -OCH3 is 3. The minimum atomic E-state index is -0.0574. The van der Waals surface area contributed by atoms with E-state index in [0.717, 1.165) is 36.7 Å². The zero-order valence-corrected chi connectivity index (χ0v) is 17.2. The second-order valence-electron chi connectivity index (χ2n) is 6.59. The summed E-state index contributed by atoms with van der Waals surface area (Å²) in [6.45, 7) is 3.56. The van der Waals surface area contributed by atoms with Crippen LogP contribution in [0.25, 0.3) is 0 Å². The van der Waals surface area contributed by atoms with Gasteiger partial charge in [0.05, 0.1) is 26.9 Å². The molecule has 6 nitrogen and oxygen atoms in total. The summed E-state index contributed by atoms with van der Waals surface area (Å²) in [6.07, 6.45) is 0. The predicted octanol–water partition coefficient (Wildman–Crippen LogP) is 3.32. The fourth-order valence-corrected chi connectivity index (χ4v) is 3.55. The van der Waals surface area contributed by atoms with Crippen molar-refractivity contribution >= 4 is 17.5 Å². The van der Waals surface area contributed by atoms with Gasteiger partial charge in [0.25, 0.3) is 5.91 Å². The number of piperazine rings is 1. The number of amides is 1. The third-order valence-electron chi connectivity index (χ3n) is 4.93. The van der Waals surface area contributed by atoms with Crippen LogP contribution in [-0.2, 0) is 6.54 Å². The van der Waals surface area contributed by atoms with Gasteiger partial charge in [-0.05, 0) is 36.4 Å². The first kappa shape index (κ1) is 20.3. The van der Waals surface area contributed by atoms with Crippen molar-refractivity contribution in [1.82, 2.24) is 9.80 Å². The van der Waals surface area contributed by atoms with Gasteiger partial charge in [0.15, 0.2) is 0 Å². The van der Waals surface area contributed by atoms with E-state index in [1.165, 1.54) is 0 Å². The van der Waals surface area contributed by atoms with Crippen molar-refractivity contribution in [2.24, 2.45) is 0 Å². The Morgan fingerprint density at radius 2 is 1.61 bits per heavy atom. The van der Waals surface area contributed by atoms with Gasteiger partial charge in [0.2, 0.25) is 0 Å². The Balaban J connectivity index is 1.65. The molecule has 0 unspecified atom stereocenters. The first-order chi connectivity index (χ1) is 13.5. The molecule has 2 aromatic rings. The van der Waals surface area contributed by atoms with Gasteiger partial charge in [0, 0.05) is 43.3 Å². The molecule has 0 radical (unpaired) electrons. The normalized spacial score (nSPS) is 14.6. The van der Waals surface area contributed by atoms with Crippen molar-refractivity contribution in [1.29, 1.82) is 0 Å². The van der Waals surface area contributed by atoms with E-state index in [0.29, 0.717) is 29.4 Å². The van der Waals surface area contributed by atoms with Crippen LogP contribution in [0.5, 0.6) is 17.2 Å².